The zero-order valence-corrected chi connectivity index (χ0v) is 11.1. The van der Waals surface area contributed by atoms with Gasteiger partial charge in [0.05, 0.1) is 0 Å². The van der Waals surface area contributed by atoms with E-state index in [4.69, 9.17) is 0 Å². The van der Waals surface area contributed by atoms with Crippen molar-refractivity contribution in [2.45, 2.75) is 26.7 Å². The molecule has 0 bridgehead atoms. The molecule has 0 aliphatic rings. The second kappa shape index (κ2) is 9.00. The van der Waals surface area contributed by atoms with E-state index in [1.165, 1.54) is 12.8 Å². The maximum atomic E-state index is 2.18. The Bertz CT molecular complexity index is 11.4. The maximum absolute atomic E-state index is 2.18. The summed E-state index contributed by atoms with van der Waals surface area (Å²) < 4.78 is 0. The Morgan fingerprint density at radius 3 is 2.00 bits per heavy atom. The molecule has 0 saturated carbocycles. The van der Waals surface area contributed by atoms with E-state index < -0.39 is 0 Å². The normalized spacial score (nSPS) is 7.00. The van der Waals surface area contributed by atoms with Crippen molar-refractivity contribution in [3.05, 3.63) is 6.42 Å². The topological polar surface area (TPSA) is 0 Å². The Morgan fingerprint density at radius 1 is 1.50 bits per heavy atom. The number of hydrogen-bond donors (Lipinski definition) is 0. The van der Waals surface area contributed by atoms with Crippen molar-refractivity contribution in [1.29, 1.82) is 0 Å². The predicted octanol–water partition coefficient (Wildman–Crippen LogP) is 2.01. The van der Waals surface area contributed by atoms with Gasteiger partial charge in [0.15, 0.2) is 0 Å². The Hall–Kier alpha value is -1.00. The molecule has 0 aliphatic carbocycles. The summed E-state index contributed by atoms with van der Waals surface area (Å²) in [4.78, 5) is 0. The molecule has 1 heteroatoms. The summed E-state index contributed by atoms with van der Waals surface area (Å²) in [5, 5.41) is 0. The number of unbranched alkanes of at least 4 members (excludes halogenated alkanes) is 2. The molecule has 0 radical (unpaired) electrons. The van der Waals surface area contributed by atoms with Crippen LogP contribution in [0.3, 0.4) is 0 Å². The Balaban J connectivity index is 0. The largest absolute Gasteiger partial charge is 0.332 e. The summed E-state index contributed by atoms with van der Waals surface area (Å²) in [5.74, 6) is 0. The third kappa shape index (κ3) is 12.0. The zero-order chi connectivity index (χ0) is 4.12. The van der Waals surface area contributed by atoms with Crippen LogP contribution < -0.4 is 0 Å². The summed E-state index contributed by atoms with van der Waals surface area (Å²) >= 11 is 0. The maximum Gasteiger partial charge on any atom is 0 e. The van der Waals surface area contributed by atoms with Gasteiger partial charge in [-0.3, -0.25) is 0 Å². The molecular formula is C5H11Rf-. The standard InChI is InChI=1S/C5H11.Rf/c1-3-5-4-2;/h3H,4-5H2,1-2H3;/q-1;. The van der Waals surface area contributed by atoms with E-state index >= 15 is 0 Å². The first-order valence-electron chi connectivity index (χ1n) is 2.19. The summed E-state index contributed by atoms with van der Waals surface area (Å²) in [5.41, 5.74) is 0. The van der Waals surface area contributed by atoms with Gasteiger partial charge in [0.2, 0.25) is 0 Å². The van der Waals surface area contributed by atoms with Crippen LogP contribution in [0.5, 0.6) is 0 Å². The SMILES string of the molecule is C[CH-]CCC.[Rf]. The number of rotatable bonds is 2. The molecule has 0 aromatic rings. The van der Waals surface area contributed by atoms with Crippen molar-refractivity contribution >= 4 is 0 Å². The fraction of sp³-hybridized carbons (Fsp3) is 0.800. The van der Waals surface area contributed by atoms with Gasteiger partial charge in [-0.25, -0.2) is 0 Å². The molecule has 6 heavy (non-hydrogen) atoms. The fourth-order valence-corrected chi connectivity index (χ4v) is 0.289. The van der Waals surface area contributed by atoms with Crippen LogP contribution in [0.15, 0.2) is 0 Å². The van der Waals surface area contributed by atoms with E-state index in [-0.39, 0.29) is 0 Å². The van der Waals surface area contributed by atoms with Crippen molar-refractivity contribution in [1.82, 2.24) is 0 Å². The van der Waals surface area contributed by atoms with Crippen molar-refractivity contribution in [2.24, 2.45) is 0 Å². The average molecular weight is 338 g/mol. The monoisotopic (exact) mass is 338 g/mol. The van der Waals surface area contributed by atoms with Crippen LogP contribution in [0, 0.1) is 6.42 Å². The Labute approximate surface area is 34.2 Å². The van der Waals surface area contributed by atoms with Crippen molar-refractivity contribution in [3.63, 3.8) is 0 Å². The van der Waals surface area contributed by atoms with Gasteiger partial charge in [0.25, 0.3) is 0 Å². The first kappa shape index (κ1) is 8.89. The molecule has 0 nitrogen and oxygen atoms in total. The third-order valence-electron chi connectivity index (χ3n) is 0.577. The molecule has 0 amide bonds. The van der Waals surface area contributed by atoms with Crippen LogP contribution in [-0.2, 0) is 0 Å². The molecule has 0 aromatic carbocycles. The van der Waals surface area contributed by atoms with E-state index in [0.29, 0.717) is 0 Å². The minimum atomic E-state index is 0. The molecule has 0 unspecified atom stereocenters. The Kier molecular flexibility index (Phi) is 13.3. The van der Waals surface area contributed by atoms with Gasteiger partial charge in [0.1, 0.15) is 0 Å². The fourth-order valence-electron chi connectivity index (χ4n) is 0.289. The second-order valence-electron chi connectivity index (χ2n) is 1.20. The molecule has 34 valence electrons. The van der Waals surface area contributed by atoms with Gasteiger partial charge in [-0.2, -0.15) is 13.3 Å². The Morgan fingerprint density at radius 2 is 2.00 bits per heavy atom. The van der Waals surface area contributed by atoms with Gasteiger partial charge in [-0.1, -0.05) is 13.3 Å². The molecule has 0 aliphatic heterocycles. The van der Waals surface area contributed by atoms with Gasteiger partial charge in [-0.15, -0.1) is 0 Å². The average Bonchev–Trinajstić information content (AvgIpc) is 1.41. The first-order chi connectivity index (χ1) is 2.41. The molecular weight excluding hydrogens is 327 g/mol. The number of hydrogen-bond acceptors (Lipinski definition) is 0. The van der Waals surface area contributed by atoms with Crippen molar-refractivity contribution < 1.29 is 0 Å². The minimum Gasteiger partial charge on any atom is -0.332 e. The van der Waals surface area contributed by atoms with Crippen LogP contribution >= 0.6 is 0 Å². The molecule has 0 rings (SSSR count). The molecule has 0 N–H and O–H groups in total. The molecule has 0 heterocycles. The van der Waals surface area contributed by atoms with Gasteiger partial charge >= 0.3 is 0 Å². The first-order valence-corrected chi connectivity index (χ1v) is 2.19. The van der Waals surface area contributed by atoms with Crippen LogP contribution in [0.2, 0.25) is 0 Å². The van der Waals surface area contributed by atoms with E-state index in [0.717, 1.165) is 0 Å². The van der Waals surface area contributed by atoms with Crippen LogP contribution in [-0.4, -0.2) is 0 Å². The van der Waals surface area contributed by atoms with Crippen molar-refractivity contribution in [2.75, 3.05) is 0 Å². The third-order valence-corrected chi connectivity index (χ3v) is 0.577. The smallest absolute Gasteiger partial charge is 0 e. The van der Waals surface area contributed by atoms with E-state index in [9.17, 15) is 0 Å². The molecule has 0 atom stereocenters. The van der Waals surface area contributed by atoms with E-state index in [1.54, 1.807) is 0 Å². The van der Waals surface area contributed by atoms with Crippen molar-refractivity contribution in [3.8, 4) is 0 Å². The summed E-state index contributed by atoms with van der Waals surface area (Å²) in [6.45, 7) is 4.27. The zero-order valence-electron chi connectivity index (χ0n) is 4.70. The summed E-state index contributed by atoms with van der Waals surface area (Å²) in [6, 6.07) is 0. The summed E-state index contributed by atoms with van der Waals surface area (Å²) in [7, 11) is 0. The van der Waals surface area contributed by atoms with Gasteiger partial charge in [-0.05, 0) is 0 Å². The quantitative estimate of drug-likeness (QED) is 0.676. The van der Waals surface area contributed by atoms with Crippen LogP contribution in [0.4, 0.5) is 0 Å². The molecule has 0 aromatic heterocycles. The molecule has 0 saturated heterocycles. The van der Waals surface area contributed by atoms with Crippen LogP contribution in [0.1, 0.15) is 26.7 Å². The minimum absolute atomic E-state index is 0. The van der Waals surface area contributed by atoms with Crippen LogP contribution in [0.25, 0.3) is 0 Å². The van der Waals surface area contributed by atoms with E-state index in [2.05, 4.69) is 20.3 Å². The molecule has 0 fully saturated rings. The second-order valence-corrected chi connectivity index (χ2v) is 1.20. The summed E-state index contributed by atoms with van der Waals surface area (Å²) in [6.07, 6.45) is 4.73. The van der Waals surface area contributed by atoms with Gasteiger partial charge < -0.3 is 6.42 Å². The molecule has 0 spiro atoms. The predicted molar refractivity (Wildman–Crippen MR) is 24.9 cm³/mol. The van der Waals surface area contributed by atoms with E-state index in [1.807, 2.05) is 0 Å². The van der Waals surface area contributed by atoms with Gasteiger partial charge in [0, 0.05) is 0 Å².